The Morgan fingerprint density at radius 3 is 2.13 bits per heavy atom. The number of carbonyl (C=O) groups is 4. The van der Waals surface area contributed by atoms with Crippen LogP contribution < -0.4 is 0 Å². The van der Waals surface area contributed by atoms with Crippen molar-refractivity contribution in [2.45, 2.75) is 12.3 Å². The predicted molar refractivity (Wildman–Crippen MR) is 110 cm³/mol. The van der Waals surface area contributed by atoms with Gasteiger partial charge < -0.3 is 9.80 Å². The molecule has 1 aromatic carbocycles. The lowest BCUT2D eigenvalue weighted by molar-refractivity contribution is -0.140. The van der Waals surface area contributed by atoms with Gasteiger partial charge in [-0.3, -0.25) is 24.1 Å². The molecule has 3 aliphatic rings. The summed E-state index contributed by atoms with van der Waals surface area (Å²) in [6.45, 7) is 1.55. The molecule has 8 heteroatoms. The zero-order chi connectivity index (χ0) is 20.8. The highest BCUT2D eigenvalue weighted by Crippen LogP contribution is 2.50. The summed E-state index contributed by atoms with van der Waals surface area (Å²) in [5.41, 5.74) is 0.686. The third-order valence-corrected chi connectivity index (χ3v) is 7.14. The Morgan fingerprint density at radius 1 is 0.900 bits per heavy atom. The first-order valence-electron chi connectivity index (χ1n) is 10.1. The van der Waals surface area contributed by atoms with Crippen LogP contribution in [0.2, 0.25) is 0 Å². The fraction of sp³-hybridized carbons (Fsp3) is 0.364. The summed E-state index contributed by atoms with van der Waals surface area (Å²) in [5.74, 6) is -0.548. The number of imide groups is 1. The Hall–Kier alpha value is -3.00. The van der Waals surface area contributed by atoms with Crippen molar-refractivity contribution in [3.63, 3.8) is 0 Å². The van der Waals surface area contributed by atoms with Crippen LogP contribution >= 0.6 is 11.3 Å². The van der Waals surface area contributed by atoms with Gasteiger partial charge in [0.2, 0.25) is 11.8 Å². The molecular formula is C22H21N3O4S. The zero-order valence-electron chi connectivity index (χ0n) is 16.3. The van der Waals surface area contributed by atoms with Crippen LogP contribution in [0.15, 0.2) is 41.8 Å². The summed E-state index contributed by atoms with van der Waals surface area (Å²) in [7, 11) is 0. The molecule has 2 aliphatic heterocycles. The van der Waals surface area contributed by atoms with E-state index in [0.717, 1.165) is 11.3 Å². The number of piperazine rings is 1. The van der Waals surface area contributed by atoms with E-state index in [1.807, 2.05) is 16.3 Å². The molecule has 1 aromatic heterocycles. The first-order valence-corrected chi connectivity index (χ1v) is 11.0. The number of carbonyl (C=O) groups excluding carboxylic acids is 4. The van der Waals surface area contributed by atoms with Crippen LogP contribution in [0.1, 0.15) is 37.9 Å². The maximum atomic E-state index is 12.8. The Labute approximate surface area is 177 Å². The van der Waals surface area contributed by atoms with Crippen molar-refractivity contribution in [1.82, 2.24) is 14.7 Å². The average Bonchev–Trinajstić information content (AvgIpc) is 3.31. The van der Waals surface area contributed by atoms with E-state index in [0.29, 0.717) is 43.2 Å². The smallest absolute Gasteiger partial charge is 0.262 e. The number of nitrogens with zero attached hydrogens (tertiary/aromatic N) is 3. The van der Waals surface area contributed by atoms with E-state index in [2.05, 4.69) is 6.07 Å². The van der Waals surface area contributed by atoms with Gasteiger partial charge in [0.1, 0.15) is 6.54 Å². The van der Waals surface area contributed by atoms with Gasteiger partial charge in [-0.1, -0.05) is 18.2 Å². The van der Waals surface area contributed by atoms with E-state index < -0.39 is 11.8 Å². The summed E-state index contributed by atoms with van der Waals surface area (Å²) in [4.78, 5) is 56.1. The molecule has 2 aromatic rings. The molecule has 154 valence electrons. The average molecular weight is 423 g/mol. The summed E-state index contributed by atoms with van der Waals surface area (Å²) < 4.78 is 0. The molecule has 1 aliphatic carbocycles. The summed E-state index contributed by atoms with van der Waals surface area (Å²) in [5, 5.41) is 2.04. The molecule has 4 amide bonds. The minimum absolute atomic E-state index is 0.0595. The molecule has 0 N–H and O–H groups in total. The van der Waals surface area contributed by atoms with Crippen molar-refractivity contribution in [1.29, 1.82) is 0 Å². The molecule has 30 heavy (non-hydrogen) atoms. The van der Waals surface area contributed by atoms with E-state index in [1.165, 1.54) is 4.88 Å². The van der Waals surface area contributed by atoms with E-state index in [9.17, 15) is 19.2 Å². The van der Waals surface area contributed by atoms with E-state index in [4.69, 9.17) is 0 Å². The minimum Gasteiger partial charge on any atom is -0.339 e. The molecule has 0 bridgehead atoms. The lowest BCUT2D eigenvalue weighted by Crippen LogP contribution is -2.53. The summed E-state index contributed by atoms with van der Waals surface area (Å²) in [6.07, 6.45) is 0.901. The van der Waals surface area contributed by atoms with Gasteiger partial charge in [-0.2, -0.15) is 0 Å². The lowest BCUT2D eigenvalue weighted by Gasteiger charge is -2.35. The van der Waals surface area contributed by atoms with Crippen LogP contribution in [0.3, 0.4) is 0 Å². The summed E-state index contributed by atoms with van der Waals surface area (Å²) in [6, 6.07) is 10.7. The van der Waals surface area contributed by atoms with Crippen LogP contribution in [0.25, 0.3) is 0 Å². The number of rotatable bonds is 4. The van der Waals surface area contributed by atoms with Crippen LogP contribution in [-0.2, 0) is 9.59 Å². The number of hydrogen-bond donors (Lipinski definition) is 0. The minimum atomic E-state index is -0.425. The number of amides is 4. The fourth-order valence-electron chi connectivity index (χ4n) is 4.31. The van der Waals surface area contributed by atoms with Gasteiger partial charge in [0, 0.05) is 42.9 Å². The van der Waals surface area contributed by atoms with Gasteiger partial charge in [-0.15, -0.1) is 11.3 Å². The van der Waals surface area contributed by atoms with Gasteiger partial charge in [0.25, 0.3) is 11.8 Å². The first-order chi connectivity index (χ1) is 14.5. The lowest BCUT2D eigenvalue weighted by atomic mass is 10.1. The summed E-state index contributed by atoms with van der Waals surface area (Å²) >= 11 is 1.69. The first kappa shape index (κ1) is 19.0. The van der Waals surface area contributed by atoms with Gasteiger partial charge >= 0.3 is 0 Å². The molecule has 1 saturated heterocycles. The van der Waals surface area contributed by atoms with Crippen molar-refractivity contribution < 1.29 is 19.2 Å². The number of fused-ring (bicyclic) bond motifs is 1. The topological polar surface area (TPSA) is 78.0 Å². The van der Waals surface area contributed by atoms with Gasteiger partial charge in [0.15, 0.2) is 0 Å². The SMILES string of the molecule is O=C(CN1C(=O)c2ccccc2C1=O)N1CCN(C(=O)[C@H]2C[C@@H]2c2cccs2)CC1. The van der Waals surface area contributed by atoms with Crippen molar-refractivity contribution in [3.8, 4) is 0 Å². The standard InChI is InChI=1S/C22H21N3O4S/c26-19(13-25-21(28)14-4-1-2-5-15(14)22(25)29)23-7-9-24(10-8-23)20(27)17-12-16(17)18-6-3-11-30-18/h1-6,11,16-17H,7-10,12-13H2/t16-,17-/m0/s1. The predicted octanol–water partition coefficient (Wildman–Crippen LogP) is 1.82. The highest BCUT2D eigenvalue weighted by Gasteiger charge is 2.47. The Morgan fingerprint density at radius 2 is 1.53 bits per heavy atom. The highest BCUT2D eigenvalue weighted by molar-refractivity contribution is 7.10. The molecular weight excluding hydrogens is 402 g/mol. The number of hydrogen-bond acceptors (Lipinski definition) is 5. The van der Waals surface area contributed by atoms with Crippen LogP contribution in [0.4, 0.5) is 0 Å². The molecule has 2 atom stereocenters. The van der Waals surface area contributed by atoms with Gasteiger partial charge in [0.05, 0.1) is 11.1 Å². The molecule has 1 saturated carbocycles. The molecule has 0 radical (unpaired) electrons. The Bertz CT molecular complexity index is 992. The molecule has 0 spiro atoms. The number of thiophene rings is 1. The van der Waals surface area contributed by atoms with E-state index in [-0.39, 0.29) is 24.3 Å². The quantitative estimate of drug-likeness (QED) is 0.703. The fourth-order valence-corrected chi connectivity index (χ4v) is 5.22. The molecule has 0 unspecified atom stereocenters. The monoisotopic (exact) mass is 423 g/mol. The largest absolute Gasteiger partial charge is 0.339 e. The molecule has 7 nitrogen and oxygen atoms in total. The maximum absolute atomic E-state index is 12.8. The van der Waals surface area contributed by atoms with Gasteiger partial charge in [-0.25, -0.2) is 0 Å². The number of benzene rings is 1. The zero-order valence-corrected chi connectivity index (χ0v) is 17.1. The van der Waals surface area contributed by atoms with Crippen molar-refractivity contribution in [3.05, 3.63) is 57.8 Å². The second-order valence-electron chi connectivity index (χ2n) is 7.91. The Kier molecular flexibility index (Phi) is 4.66. The van der Waals surface area contributed by atoms with E-state index >= 15 is 0 Å². The molecule has 5 rings (SSSR count). The van der Waals surface area contributed by atoms with Crippen molar-refractivity contribution >= 4 is 35.0 Å². The van der Waals surface area contributed by atoms with Crippen molar-refractivity contribution in [2.75, 3.05) is 32.7 Å². The van der Waals surface area contributed by atoms with Crippen LogP contribution in [0, 0.1) is 5.92 Å². The Balaban J connectivity index is 1.15. The maximum Gasteiger partial charge on any atom is 0.262 e. The van der Waals surface area contributed by atoms with Crippen LogP contribution in [0.5, 0.6) is 0 Å². The normalized spacial score (nSPS) is 23.0. The molecule has 3 heterocycles. The van der Waals surface area contributed by atoms with Crippen molar-refractivity contribution in [2.24, 2.45) is 5.92 Å². The van der Waals surface area contributed by atoms with Crippen LogP contribution in [-0.4, -0.2) is 71.1 Å². The third-order valence-electron chi connectivity index (χ3n) is 6.13. The third kappa shape index (κ3) is 3.21. The van der Waals surface area contributed by atoms with E-state index in [1.54, 1.807) is 40.5 Å². The highest BCUT2D eigenvalue weighted by atomic mass is 32.1. The van der Waals surface area contributed by atoms with Gasteiger partial charge in [-0.05, 0) is 30.0 Å². The second kappa shape index (κ2) is 7.36. The molecule has 2 fully saturated rings. The second-order valence-corrected chi connectivity index (χ2v) is 8.89.